The molecule has 5 rings (SSSR count). The Labute approximate surface area is 229 Å². The van der Waals surface area contributed by atoms with E-state index in [4.69, 9.17) is 11.6 Å². The molecule has 2 aromatic rings. The number of carbonyl (C=O) groups is 5. The van der Waals surface area contributed by atoms with Gasteiger partial charge in [0.1, 0.15) is 11.9 Å². The molecule has 0 bridgehead atoms. The molecule has 8 nitrogen and oxygen atoms in total. The number of fused-ring (bicyclic) bond motifs is 1. The molecule has 0 spiro atoms. The zero-order chi connectivity index (χ0) is 28.9. The van der Waals surface area contributed by atoms with Crippen LogP contribution in [-0.2, 0) is 31.9 Å². The van der Waals surface area contributed by atoms with Crippen molar-refractivity contribution in [2.75, 3.05) is 5.32 Å². The Balaban J connectivity index is 1.37. The fourth-order valence-corrected chi connectivity index (χ4v) is 5.51. The van der Waals surface area contributed by atoms with Crippen LogP contribution in [-0.4, -0.2) is 40.2 Å². The molecule has 3 aliphatic rings. The standard InChI is InChI=1S/C27H20ClF4N3O5/c28-17-5-4-16(27(30,31)32)23(24(17)29)12-8-20(36)14(21(37)9-12)10-33-18-3-1-2-13-15(18)11-35(26(13)40)19-6-7-22(38)34-25(19)39/h1-5,10,12,19,33H,6-9,11H2,(H,34,38,39). The summed E-state index contributed by atoms with van der Waals surface area (Å²) in [4.78, 5) is 63.9. The number of nitrogens with one attached hydrogen (secondary N) is 2. The number of ketones is 2. The first-order chi connectivity index (χ1) is 18.9. The number of piperidine rings is 1. The third-order valence-corrected chi connectivity index (χ3v) is 7.56. The van der Waals surface area contributed by atoms with Crippen LogP contribution in [0, 0.1) is 5.82 Å². The smallest absolute Gasteiger partial charge is 0.361 e. The van der Waals surface area contributed by atoms with Crippen molar-refractivity contribution < 1.29 is 41.5 Å². The Morgan fingerprint density at radius 3 is 2.38 bits per heavy atom. The fourth-order valence-electron chi connectivity index (χ4n) is 5.34. The summed E-state index contributed by atoms with van der Waals surface area (Å²) in [5.74, 6) is -5.66. The summed E-state index contributed by atoms with van der Waals surface area (Å²) < 4.78 is 55.4. The SMILES string of the molecule is O=C1CCC(N2Cc3c(NC=C4C(=O)CC(c5c(C(F)(F)F)ccc(Cl)c5F)CC4=O)cccc3C2=O)C(=O)N1. The molecule has 2 heterocycles. The van der Waals surface area contributed by atoms with Crippen LogP contribution in [0.3, 0.4) is 0 Å². The molecule has 1 saturated heterocycles. The highest BCUT2D eigenvalue weighted by Crippen LogP contribution is 2.43. The number of nitrogens with zero attached hydrogens (tertiary/aromatic N) is 1. The van der Waals surface area contributed by atoms with E-state index in [0.717, 1.165) is 12.3 Å². The number of Topliss-reactive ketones (excluding diaryl/α,β-unsaturated/α-hetero) is 2. The summed E-state index contributed by atoms with van der Waals surface area (Å²) in [7, 11) is 0. The third kappa shape index (κ3) is 4.87. The van der Waals surface area contributed by atoms with Crippen LogP contribution in [0.2, 0.25) is 5.02 Å². The molecule has 208 valence electrons. The highest BCUT2D eigenvalue weighted by atomic mass is 35.5. The first-order valence-electron chi connectivity index (χ1n) is 12.2. The Morgan fingerprint density at radius 1 is 1.02 bits per heavy atom. The molecule has 2 aromatic carbocycles. The van der Waals surface area contributed by atoms with Crippen LogP contribution < -0.4 is 10.6 Å². The number of amides is 3. The van der Waals surface area contributed by atoms with Crippen molar-refractivity contribution in [1.29, 1.82) is 0 Å². The Hall–Kier alpha value is -4.06. The summed E-state index contributed by atoms with van der Waals surface area (Å²) in [6, 6.07) is 5.27. The molecule has 40 heavy (non-hydrogen) atoms. The first kappa shape index (κ1) is 27.5. The summed E-state index contributed by atoms with van der Waals surface area (Å²) in [6.45, 7) is 0.0328. The van der Waals surface area contributed by atoms with Gasteiger partial charge in [0.15, 0.2) is 11.6 Å². The molecule has 13 heteroatoms. The van der Waals surface area contributed by atoms with Gasteiger partial charge in [-0.15, -0.1) is 0 Å². The van der Waals surface area contributed by atoms with Gasteiger partial charge in [0.05, 0.1) is 16.2 Å². The maximum absolute atomic E-state index is 14.7. The van der Waals surface area contributed by atoms with Gasteiger partial charge in [-0.2, -0.15) is 13.2 Å². The van der Waals surface area contributed by atoms with Gasteiger partial charge in [-0.1, -0.05) is 17.7 Å². The number of rotatable bonds is 4. The van der Waals surface area contributed by atoms with Gasteiger partial charge in [-0.3, -0.25) is 29.3 Å². The predicted molar refractivity (Wildman–Crippen MR) is 133 cm³/mol. The Morgan fingerprint density at radius 2 is 1.73 bits per heavy atom. The molecule has 1 unspecified atom stereocenters. The minimum absolute atomic E-state index is 0.0328. The number of benzene rings is 2. The summed E-state index contributed by atoms with van der Waals surface area (Å²) in [5.41, 5.74) is -1.26. The van der Waals surface area contributed by atoms with Crippen molar-refractivity contribution in [3.63, 3.8) is 0 Å². The summed E-state index contributed by atoms with van der Waals surface area (Å²) in [6.07, 6.45) is -4.64. The summed E-state index contributed by atoms with van der Waals surface area (Å²) >= 11 is 5.71. The maximum Gasteiger partial charge on any atom is 0.416 e. The molecule has 1 saturated carbocycles. The van der Waals surface area contributed by atoms with Crippen molar-refractivity contribution in [1.82, 2.24) is 10.2 Å². The second kappa shape index (κ2) is 10.2. The number of imide groups is 1. The zero-order valence-electron chi connectivity index (χ0n) is 20.5. The second-order valence-electron chi connectivity index (χ2n) is 9.71. The lowest BCUT2D eigenvalue weighted by Crippen LogP contribution is -2.52. The van der Waals surface area contributed by atoms with Crippen LogP contribution in [0.15, 0.2) is 42.1 Å². The van der Waals surface area contributed by atoms with E-state index >= 15 is 0 Å². The number of anilines is 1. The van der Waals surface area contributed by atoms with E-state index in [0.29, 0.717) is 22.9 Å². The number of halogens is 5. The molecular formula is C27H20ClF4N3O5. The first-order valence-corrected chi connectivity index (χ1v) is 12.6. The molecule has 3 amide bonds. The number of alkyl halides is 3. The van der Waals surface area contributed by atoms with E-state index in [2.05, 4.69) is 10.6 Å². The molecular weight excluding hydrogens is 558 g/mol. The van der Waals surface area contributed by atoms with Crippen LogP contribution in [0.25, 0.3) is 0 Å². The molecule has 2 aliphatic heterocycles. The third-order valence-electron chi connectivity index (χ3n) is 7.26. The van der Waals surface area contributed by atoms with E-state index in [1.165, 1.54) is 4.90 Å². The van der Waals surface area contributed by atoms with Gasteiger partial charge < -0.3 is 10.2 Å². The lowest BCUT2D eigenvalue weighted by atomic mass is 9.78. The molecule has 0 aromatic heterocycles. The molecule has 1 atom stereocenters. The van der Waals surface area contributed by atoms with Crippen LogP contribution in [0.1, 0.15) is 58.6 Å². The normalized spacial score (nSPS) is 21.5. The van der Waals surface area contributed by atoms with Crippen molar-refractivity contribution in [3.05, 3.63) is 75.2 Å². The van der Waals surface area contributed by atoms with E-state index in [1.807, 2.05) is 0 Å². The van der Waals surface area contributed by atoms with Gasteiger partial charge in [0, 0.05) is 60.3 Å². The largest absolute Gasteiger partial charge is 0.416 e. The van der Waals surface area contributed by atoms with Gasteiger partial charge in [-0.05, 0) is 30.7 Å². The highest BCUT2D eigenvalue weighted by Gasteiger charge is 2.42. The lowest BCUT2D eigenvalue weighted by molar-refractivity contribution is -0.139. The van der Waals surface area contributed by atoms with E-state index < -0.39 is 82.2 Å². The maximum atomic E-state index is 14.7. The average molecular weight is 578 g/mol. The number of hydrogen-bond acceptors (Lipinski definition) is 6. The van der Waals surface area contributed by atoms with Gasteiger partial charge in [0.2, 0.25) is 11.8 Å². The van der Waals surface area contributed by atoms with Gasteiger partial charge >= 0.3 is 6.18 Å². The monoisotopic (exact) mass is 577 g/mol. The number of hydrogen-bond donors (Lipinski definition) is 2. The Kier molecular flexibility index (Phi) is 6.99. The quantitative estimate of drug-likeness (QED) is 0.243. The number of carbonyl (C=O) groups excluding carboxylic acids is 5. The second-order valence-corrected chi connectivity index (χ2v) is 10.1. The average Bonchev–Trinajstić information content (AvgIpc) is 3.21. The van der Waals surface area contributed by atoms with E-state index in [1.54, 1.807) is 18.2 Å². The van der Waals surface area contributed by atoms with Crippen LogP contribution in [0.5, 0.6) is 0 Å². The number of allylic oxidation sites excluding steroid dienone is 1. The minimum Gasteiger partial charge on any atom is -0.361 e. The molecule has 2 fully saturated rings. The lowest BCUT2D eigenvalue weighted by Gasteiger charge is -2.29. The topological polar surface area (TPSA) is 113 Å². The van der Waals surface area contributed by atoms with Crippen molar-refractivity contribution in [3.8, 4) is 0 Å². The van der Waals surface area contributed by atoms with Crippen molar-refractivity contribution in [2.24, 2.45) is 0 Å². The molecule has 2 N–H and O–H groups in total. The van der Waals surface area contributed by atoms with Crippen LogP contribution in [0.4, 0.5) is 23.2 Å². The molecule has 1 aliphatic carbocycles. The zero-order valence-corrected chi connectivity index (χ0v) is 21.3. The Bertz CT molecular complexity index is 1500. The predicted octanol–water partition coefficient (Wildman–Crippen LogP) is 4.27. The summed E-state index contributed by atoms with van der Waals surface area (Å²) in [5, 5.41) is 4.50. The van der Waals surface area contributed by atoms with Gasteiger partial charge in [0.25, 0.3) is 5.91 Å². The van der Waals surface area contributed by atoms with Crippen molar-refractivity contribution in [2.45, 2.75) is 50.4 Å². The minimum atomic E-state index is -4.92. The van der Waals surface area contributed by atoms with Gasteiger partial charge in [-0.25, -0.2) is 4.39 Å². The fraction of sp³-hybridized carbons (Fsp3) is 0.296. The van der Waals surface area contributed by atoms with E-state index in [-0.39, 0.29) is 25.0 Å². The van der Waals surface area contributed by atoms with E-state index in [9.17, 15) is 41.5 Å². The highest BCUT2D eigenvalue weighted by molar-refractivity contribution is 6.31. The van der Waals surface area contributed by atoms with Crippen molar-refractivity contribution >= 4 is 46.6 Å². The van der Waals surface area contributed by atoms with Crippen LogP contribution >= 0.6 is 11.6 Å². The molecule has 0 radical (unpaired) electrons.